The molecule has 112 valence electrons. The van der Waals surface area contributed by atoms with Crippen LogP contribution in [0.25, 0.3) is 0 Å². The summed E-state index contributed by atoms with van der Waals surface area (Å²) in [5.74, 6) is 1.58. The van der Waals surface area contributed by atoms with E-state index < -0.39 is 0 Å². The Morgan fingerprint density at radius 3 is 2.85 bits per heavy atom. The van der Waals surface area contributed by atoms with Gasteiger partial charge in [0.2, 0.25) is 5.91 Å². The number of nitrogens with zero attached hydrogens (tertiary/aromatic N) is 1. The Labute approximate surface area is 139 Å². The number of likely N-dealkylation sites (tertiary alicyclic amines) is 1. The average Bonchev–Trinajstić information content (AvgIpc) is 2.90. The van der Waals surface area contributed by atoms with Gasteiger partial charge >= 0.3 is 0 Å². The van der Waals surface area contributed by atoms with Gasteiger partial charge in [-0.2, -0.15) is 0 Å². The molecule has 3 nitrogen and oxygen atoms in total. The van der Waals surface area contributed by atoms with E-state index in [2.05, 4.69) is 22.0 Å². The first-order valence-electron chi connectivity index (χ1n) is 6.56. The first kappa shape index (κ1) is 17.8. The SMILES string of the molecule is Cl.NCC1CCN(C(=O)CCSc2ccccc2Br)C1. The molecule has 20 heavy (non-hydrogen) atoms. The second-order valence-corrected chi connectivity index (χ2v) is 6.75. The van der Waals surface area contributed by atoms with Crippen LogP contribution in [0.4, 0.5) is 0 Å². The van der Waals surface area contributed by atoms with Crippen LogP contribution in [0, 0.1) is 5.92 Å². The maximum absolute atomic E-state index is 12.0. The van der Waals surface area contributed by atoms with Crippen LogP contribution in [0.15, 0.2) is 33.6 Å². The van der Waals surface area contributed by atoms with Gasteiger partial charge in [-0.05, 0) is 46.9 Å². The van der Waals surface area contributed by atoms with Gasteiger partial charge in [0, 0.05) is 34.6 Å². The average molecular weight is 380 g/mol. The monoisotopic (exact) mass is 378 g/mol. The van der Waals surface area contributed by atoms with Gasteiger partial charge in [0.05, 0.1) is 0 Å². The van der Waals surface area contributed by atoms with Gasteiger partial charge < -0.3 is 10.6 Å². The Hall–Kier alpha value is -0.230. The molecule has 6 heteroatoms. The molecule has 1 heterocycles. The second kappa shape index (κ2) is 8.93. The molecule has 2 N–H and O–H groups in total. The summed E-state index contributed by atoms with van der Waals surface area (Å²) >= 11 is 5.24. The fourth-order valence-electron chi connectivity index (χ4n) is 2.22. The Morgan fingerprint density at radius 2 is 2.20 bits per heavy atom. The van der Waals surface area contributed by atoms with Gasteiger partial charge in [0.1, 0.15) is 0 Å². The zero-order valence-corrected chi connectivity index (χ0v) is 14.5. The maximum Gasteiger partial charge on any atom is 0.223 e. The summed E-state index contributed by atoms with van der Waals surface area (Å²) in [5, 5.41) is 0. The van der Waals surface area contributed by atoms with Crippen LogP contribution < -0.4 is 5.73 Å². The molecule has 0 aliphatic carbocycles. The van der Waals surface area contributed by atoms with Crippen LogP contribution in [-0.2, 0) is 4.79 Å². The van der Waals surface area contributed by atoms with Gasteiger partial charge in [-0.15, -0.1) is 24.2 Å². The van der Waals surface area contributed by atoms with Crippen molar-refractivity contribution in [1.29, 1.82) is 0 Å². The van der Waals surface area contributed by atoms with Crippen molar-refractivity contribution in [3.8, 4) is 0 Å². The fourth-order valence-corrected chi connectivity index (χ4v) is 3.73. The molecule has 0 radical (unpaired) electrons. The van der Waals surface area contributed by atoms with Crippen molar-refractivity contribution in [3.63, 3.8) is 0 Å². The van der Waals surface area contributed by atoms with E-state index in [1.807, 2.05) is 23.1 Å². The highest BCUT2D eigenvalue weighted by atomic mass is 79.9. The zero-order valence-electron chi connectivity index (χ0n) is 11.3. The highest BCUT2D eigenvalue weighted by molar-refractivity contribution is 9.10. The lowest BCUT2D eigenvalue weighted by Crippen LogP contribution is -2.30. The Balaban J connectivity index is 0.00000200. The van der Waals surface area contributed by atoms with Crippen molar-refractivity contribution in [1.82, 2.24) is 4.90 Å². The minimum Gasteiger partial charge on any atom is -0.342 e. The Bertz CT molecular complexity index is 447. The molecule has 1 atom stereocenters. The van der Waals surface area contributed by atoms with E-state index in [4.69, 9.17) is 5.73 Å². The number of benzene rings is 1. The highest BCUT2D eigenvalue weighted by Crippen LogP contribution is 2.27. The normalized spacial score (nSPS) is 17.9. The minimum absolute atomic E-state index is 0. The van der Waals surface area contributed by atoms with E-state index in [1.54, 1.807) is 11.8 Å². The first-order chi connectivity index (χ1) is 9.20. The van der Waals surface area contributed by atoms with Gasteiger partial charge in [-0.1, -0.05) is 12.1 Å². The lowest BCUT2D eigenvalue weighted by Gasteiger charge is -2.16. The highest BCUT2D eigenvalue weighted by Gasteiger charge is 2.24. The molecule has 1 amide bonds. The lowest BCUT2D eigenvalue weighted by molar-refractivity contribution is -0.129. The number of carbonyl (C=O) groups is 1. The number of thioether (sulfide) groups is 1. The minimum atomic E-state index is 0. The number of hydrogen-bond donors (Lipinski definition) is 1. The third-order valence-corrected chi connectivity index (χ3v) is 5.41. The number of halogens is 2. The molecule has 1 aliphatic heterocycles. The predicted octanol–water partition coefficient (Wildman–Crippen LogP) is 3.16. The number of rotatable bonds is 5. The van der Waals surface area contributed by atoms with Crippen molar-refractivity contribution in [3.05, 3.63) is 28.7 Å². The Morgan fingerprint density at radius 1 is 1.45 bits per heavy atom. The molecule has 1 unspecified atom stereocenters. The molecular weight excluding hydrogens is 360 g/mol. The molecule has 1 fully saturated rings. The summed E-state index contributed by atoms with van der Waals surface area (Å²) in [6.45, 7) is 2.41. The van der Waals surface area contributed by atoms with Gasteiger partial charge in [0.25, 0.3) is 0 Å². The molecule has 1 saturated heterocycles. The molecule has 0 aromatic heterocycles. The third kappa shape index (κ3) is 4.95. The molecule has 1 aromatic rings. The fraction of sp³-hybridized carbons (Fsp3) is 0.500. The summed E-state index contributed by atoms with van der Waals surface area (Å²) in [6, 6.07) is 8.10. The third-order valence-electron chi connectivity index (χ3n) is 3.38. The molecule has 0 spiro atoms. The van der Waals surface area contributed by atoms with Crippen molar-refractivity contribution in [2.45, 2.75) is 17.7 Å². The van der Waals surface area contributed by atoms with Crippen molar-refractivity contribution in [2.24, 2.45) is 11.7 Å². The van der Waals surface area contributed by atoms with Crippen molar-refractivity contribution in [2.75, 3.05) is 25.4 Å². The summed E-state index contributed by atoms with van der Waals surface area (Å²) in [7, 11) is 0. The van der Waals surface area contributed by atoms with Crippen molar-refractivity contribution >= 4 is 46.0 Å². The predicted molar refractivity (Wildman–Crippen MR) is 90.5 cm³/mol. The maximum atomic E-state index is 12.0. The Kier molecular flexibility index (Phi) is 7.95. The topological polar surface area (TPSA) is 46.3 Å². The molecular formula is C14H20BrClN2OS. The van der Waals surface area contributed by atoms with Gasteiger partial charge in [-0.25, -0.2) is 0 Å². The number of nitrogens with two attached hydrogens (primary N) is 1. The molecule has 2 rings (SSSR count). The molecule has 0 saturated carbocycles. The van der Waals surface area contributed by atoms with E-state index in [-0.39, 0.29) is 18.3 Å². The van der Waals surface area contributed by atoms with E-state index in [1.165, 1.54) is 4.90 Å². The second-order valence-electron chi connectivity index (χ2n) is 4.76. The van der Waals surface area contributed by atoms with Gasteiger partial charge in [-0.3, -0.25) is 4.79 Å². The van der Waals surface area contributed by atoms with E-state index in [0.29, 0.717) is 18.9 Å². The van der Waals surface area contributed by atoms with Gasteiger partial charge in [0.15, 0.2) is 0 Å². The quantitative estimate of drug-likeness (QED) is 0.799. The summed E-state index contributed by atoms with van der Waals surface area (Å²) < 4.78 is 1.09. The molecule has 1 aliphatic rings. The number of hydrogen-bond acceptors (Lipinski definition) is 3. The van der Waals surface area contributed by atoms with E-state index >= 15 is 0 Å². The molecule has 1 aromatic carbocycles. The summed E-state index contributed by atoms with van der Waals surface area (Å²) in [6.07, 6.45) is 1.66. The van der Waals surface area contributed by atoms with Crippen LogP contribution in [0.3, 0.4) is 0 Å². The van der Waals surface area contributed by atoms with Crippen LogP contribution in [0.2, 0.25) is 0 Å². The van der Waals surface area contributed by atoms with E-state index in [9.17, 15) is 4.79 Å². The zero-order chi connectivity index (χ0) is 13.7. The summed E-state index contributed by atoms with van der Waals surface area (Å²) in [4.78, 5) is 15.2. The van der Waals surface area contributed by atoms with Crippen molar-refractivity contribution < 1.29 is 4.79 Å². The lowest BCUT2D eigenvalue weighted by atomic mass is 10.1. The largest absolute Gasteiger partial charge is 0.342 e. The smallest absolute Gasteiger partial charge is 0.223 e. The van der Waals surface area contributed by atoms with E-state index in [0.717, 1.165) is 29.7 Å². The standard InChI is InChI=1S/C14H19BrN2OS.ClH/c15-12-3-1-2-4-13(12)19-8-6-14(18)17-7-5-11(9-16)10-17;/h1-4,11H,5-10,16H2;1H. The van der Waals surface area contributed by atoms with Crippen LogP contribution >= 0.6 is 40.1 Å². The van der Waals surface area contributed by atoms with Crippen LogP contribution in [0.5, 0.6) is 0 Å². The molecule has 0 bridgehead atoms. The van der Waals surface area contributed by atoms with Crippen LogP contribution in [-0.4, -0.2) is 36.2 Å². The first-order valence-corrected chi connectivity index (χ1v) is 8.33. The number of carbonyl (C=O) groups excluding carboxylic acids is 1. The summed E-state index contributed by atoms with van der Waals surface area (Å²) in [5.41, 5.74) is 5.64. The van der Waals surface area contributed by atoms with Crippen LogP contribution in [0.1, 0.15) is 12.8 Å². The number of amides is 1.